The molecule has 25 heavy (non-hydrogen) atoms. The van der Waals surface area contributed by atoms with Gasteiger partial charge in [0.1, 0.15) is 5.75 Å². The number of halogens is 1. The maximum atomic E-state index is 12.6. The van der Waals surface area contributed by atoms with Crippen LogP contribution in [0.15, 0.2) is 18.2 Å². The third-order valence-electron chi connectivity index (χ3n) is 5.26. The molecule has 2 aliphatic heterocycles. The molecule has 1 aromatic carbocycles. The van der Waals surface area contributed by atoms with Crippen LogP contribution in [0.3, 0.4) is 0 Å². The summed E-state index contributed by atoms with van der Waals surface area (Å²) in [6.45, 7) is 2.76. The molecule has 0 spiro atoms. The number of carbonyl (C=O) groups is 2. The summed E-state index contributed by atoms with van der Waals surface area (Å²) in [5.41, 5.74) is 0.270. The predicted molar refractivity (Wildman–Crippen MR) is 94.0 cm³/mol. The molecule has 1 amide bonds. The Bertz CT molecular complexity index is 658. The molecule has 1 atom stereocenters. The van der Waals surface area contributed by atoms with Gasteiger partial charge in [-0.2, -0.15) is 0 Å². The fourth-order valence-electron chi connectivity index (χ4n) is 3.83. The number of piperidine rings is 2. The van der Waals surface area contributed by atoms with Crippen molar-refractivity contribution in [1.82, 2.24) is 9.80 Å². The predicted octanol–water partition coefficient (Wildman–Crippen LogP) is 2.45. The number of hydrogen-bond acceptors (Lipinski definition) is 4. The van der Waals surface area contributed by atoms with Crippen LogP contribution in [0.4, 0.5) is 0 Å². The minimum atomic E-state index is -0.712. The van der Waals surface area contributed by atoms with E-state index in [1.807, 2.05) is 0 Å². The van der Waals surface area contributed by atoms with Crippen molar-refractivity contribution in [3.8, 4) is 5.75 Å². The molecule has 0 radical (unpaired) electrons. The zero-order valence-electron chi connectivity index (χ0n) is 14.0. The van der Waals surface area contributed by atoms with Gasteiger partial charge in [-0.3, -0.25) is 14.5 Å². The summed E-state index contributed by atoms with van der Waals surface area (Å²) in [6, 6.07) is 4.85. The second-order valence-corrected chi connectivity index (χ2v) is 7.29. The summed E-state index contributed by atoms with van der Waals surface area (Å²) in [5, 5.41) is 19.6. The van der Waals surface area contributed by atoms with E-state index in [1.54, 1.807) is 17.0 Å². The van der Waals surface area contributed by atoms with Gasteiger partial charge >= 0.3 is 5.97 Å². The average molecular weight is 367 g/mol. The van der Waals surface area contributed by atoms with Crippen molar-refractivity contribution in [3.05, 3.63) is 28.8 Å². The lowest BCUT2D eigenvalue weighted by atomic mass is 9.94. The Kier molecular flexibility index (Phi) is 5.49. The van der Waals surface area contributed by atoms with Gasteiger partial charge in [-0.15, -0.1) is 0 Å². The standard InChI is InChI=1S/C18H23ClN2O4/c19-13-3-4-15(16(22)10-13)17(23)20-8-5-14(6-9-20)21-7-1-2-12(11-21)18(24)25/h3-4,10,12,14,22H,1-2,5-9,11H2,(H,24,25). The molecule has 0 aromatic heterocycles. The van der Waals surface area contributed by atoms with Gasteiger partial charge in [0.05, 0.1) is 11.5 Å². The molecule has 1 unspecified atom stereocenters. The highest BCUT2D eigenvalue weighted by molar-refractivity contribution is 6.30. The first-order chi connectivity index (χ1) is 12.0. The van der Waals surface area contributed by atoms with Crippen LogP contribution in [0.1, 0.15) is 36.0 Å². The van der Waals surface area contributed by atoms with Crippen molar-refractivity contribution in [1.29, 1.82) is 0 Å². The Morgan fingerprint density at radius 1 is 1.12 bits per heavy atom. The highest BCUT2D eigenvalue weighted by atomic mass is 35.5. The maximum absolute atomic E-state index is 12.6. The third kappa shape index (κ3) is 4.07. The fraction of sp³-hybridized carbons (Fsp3) is 0.556. The molecule has 6 nitrogen and oxygen atoms in total. The quantitative estimate of drug-likeness (QED) is 0.858. The van der Waals surface area contributed by atoms with Crippen LogP contribution in [0.2, 0.25) is 5.02 Å². The Morgan fingerprint density at radius 2 is 1.84 bits per heavy atom. The summed E-state index contributed by atoms with van der Waals surface area (Å²) in [4.78, 5) is 27.8. The van der Waals surface area contributed by atoms with E-state index in [4.69, 9.17) is 11.6 Å². The van der Waals surface area contributed by atoms with Gasteiger partial charge in [-0.25, -0.2) is 0 Å². The number of carbonyl (C=O) groups excluding carboxylic acids is 1. The van der Waals surface area contributed by atoms with E-state index in [0.717, 1.165) is 32.2 Å². The summed E-state index contributed by atoms with van der Waals surface area (Å²) in [7, 11) is 0. The number of benzene rings is 1. The molecule has 2 aliphatic rings. The number of nitrogens with zero attached hydrogens (tertiary/aromatic N) is 2. The molecule has 1 aromatic rings. The SMILES string of the molecule is O=C(O)C1CCCN(C2CCN(C(=O)c3ccc(Cl)cc3O)CC2)C1. The number of carboxylic acids is 1. The molecule has 2 N–H and O–H groups in total. The molecule has 136 valence electrons. The maximum Gasteiger partial charge on any atom is 0.307 e. The molecule has 0 bridgehead atoms. The van der Waals surface area contributed by atoms with Gasteiger partial charge in [-0.05, 0) is 50.4 Å². The van der Waals surface area contributed by atoms with E-state index < -0.39 is 5.97 Å². The second kappa shape index (κ2) is 7.62. The average Bonchev–Trinajstić information content (AvgIpc) is 2.61. The Labute approximate surface area is 152 Å². The Hall–Kier alpha value is -1.79. The van der Waals surface area contributed by atoms with Gasteiger partial charge in [0.15, 0.2) is 0 Å². The highest BCUT2D eigenvalue weighted by Crippen LogP contribution is 2.27. The van der Waals surface area contributed by atoms with E-state index in [-0.39, 0.29) is 23.1 Å². The summed E-state index contributed by atoms with van der Waals surface area (Å²) in [6.07, 6.45) is 3.31. The molecular weight excluding hydrogens is 344 g/mol. The van der Waals surface area contributed by atoms with Crippen LogP contribution in [0.5, 0.6) is 5.75 Å². The normalized spacial score (nSPS) is 22.8. The van der Waals surface area contributed by atoms with Crippen molar-refractivity contribution in [2.24, 2.45) is 5.92 Å². The van der Waals surface area contributed by atoms with Crippen molar-refractivity contribution < 1.29 is 19.8 Å². The number of aromatic hydroxyl groups is 1. The van der Waals surface area contributed by atoms with Crippen molar-refractivity contribution in [3.63, 3.8) is 0 Å². The van der Waals surface area contributed by atoms with Crippen LogP contribution in [0.25, 0.3) is 0 Å². The number of rotatable bonds is 3. The van der Waals surface area contributed by atoms with Gasteiger partial charge in [0, 0.05) is 30.7 Å². The summed E-state index contributed by atoms with van der Waals surface area (Å²) >= 11 is 5.81. The van der Waals surface area contributed by atoms with Gasteiger partial charge < -0.3 is 15.1 Å². The van der Waals surface area contributed by atoms with E-state index in [2.05, 4.69) is 4.90 Å². The van der Waals surface area contributed by atoms with Crippen LogP contribution < -0.4 is 0 Å². The Balaban J connectivity index is 1.58. The highest BCUT2D eigenvalue weighted by Gasteiger charge is 2.32. The zero-order valence-corrected chi connectivity index (χ0v) is 14.8. The zero-order chi connectivity index (χ0) is 18.0. The molecule has 7 heteroatoms. The fourth-order valence-corrected chi connectivity index (χ4v) is 4.00. The summed E-state index contributed by atoms with van der Waals surface area (Å²) in [5.74, 6) is -1.27. The number of phenolic OH excluding ortho intramolecular Hbond substituents is 1. The number of phenols is 1. The number of carboxylic acid groups (broad SMARTS) is 1. The minimum Gasteiger partial charge on any atom is -0.507 e. The first-order valence-electron chi connectivity index (χ1n) is 8.70. The Morgan fingerprint density at radius 3 is 2.48 bits per heavy atom. The van der Waals surface area contributed by atoms with Crippen molar-refractivity contribution in [2.75, 3.05) is 26.2 Å². The van der Waals surface area contributed by atoms with Crippen LogP contribution in [-0.2, 0) is 4.79 Å². The number of likely N-dealkylation sites (tertiary alicyclic amines) is 2. The van der Waals surface area contributed by atoms with Gasteiger partial charge in [0.25, 0.3) is 5.91 Å². The lowest BCUT2D eigenvalue weighted by Crippen LogP contribution is -2.50. The molecule has 0 saturated carbocycles. The second-order valence-electron chi connectivity index (χ2n) is 6.86. The lowest BCUT2D eigenvalue weighted by Gasteiger charge is -2.41. The van der Waals surface area contributed by atoms with E-state index in [0.29, 0.717) is 30.7 Å². The van der Waals surface area contributed by atoms with Crippen LogP contribution in [-0.4, -0.2) is 64.1 Å². The molecule has 2 heterocycles. The topological polar surface area (TPSA) is 81.1 Å². The molecule has 3 rings (SSSR count). The molecule has 2 fully saturated rings. The smallest absolute Gasteiger partial charge is 0.307 e. The van der Waals surface area contributed by atoms with E-state index in [1.165, 1.54) is 6.07 Å². The first-order valence-corrected chi connectivity index (χ1v) is 9.08. The van der Waals surface area contributed by atoms with Crippen LogP contribution >= 0.6 is 11.6 Å². The van der Waals surface area contributed by atoms with Gasteiger partial charge in [0.2, 0.25) is 0 Å². The molecular formula is C18H23ClN2O4. The number of aliphatic carboxylic acids is 1. The lowest BCUT2D eigenvalue weighted by molar-refractivity contribution is -0.144. The van der Waals surface area contributed by atoms with Crippen molar-refractivity contribution in [2.45, 2.75) is 31.7 Å². The van der Waals surface area contributed by atoms with E-state index >= 15 is 0 Å². The minimum absolute atomic E-state index is 0.0973. The third-order valence-corrected chi connectivity index (χ3v) is 5.50. The monoisotopic (exact) mass is 366 g/mol. The first kappa shape index (κ1) is 18.0. The molecule has 0 aliphatic carbocycles. The van der Waals surface area contributed by atoms with Crippen LogP contribution in [0, 0.1) is 5.92 Å². The summed E-state index contributed by atoms with van der Waals surface area (Å²) < 4.78 is 0. The number of hydrogen-bond donors (Lipinski definition) is 2. The van der Waals surface area contributed by atoms with E-state index in [9.17, 15) is 19.8 Å². The largest absolute Gasteiger partial charge is 0.507 e. The van der Waals surface area contributed by atoms with Gasteiger partial charge in [-0.1, -0.05) is 11.6 Å². The number of amides is 1. The van der Waals surface area contributed by atoms with Crippen molar-refractivity contribution >= 4 is 23.5 Å². The molecule has 2 saturated heterocycles.